The lowest BCUT2D eigenvalue weighted by Crippen LogP contribution is -1.95. The summed E-state index contributed by atoms with van der Waals surface area (Å²) in [4.78, 5) is 24.8. The minimum atomic E-state index is -1.27. The third-order valence-corrected chi connectivity index (χ3v) is 2.79. The average Bonchev–Trinajstić information content (AvgIpc) is 2.45. The van der Waals surface area contributed by atoms with Crippen LogP contribution in [0.3, 0.4) is 0 Å². The first-order chi connectivity index (χ1) is 10.4. The number of phenolic OH excluding ortho intramolecular Hbond substituents is 1. The van der Waals surface area contributed by atoms with Crippen LogP contribution in [0.1, 0.15) is 15.9 Å². The fourth-order valence-electron chi connectivity index (χ4n) is 1.68. The molecular formula is C14H10N2O6. The molecular weight excluding hydrogens is 292 g/mol. The van der Waals surface area contributed by atoms with Gasteiger partial charge in [0.05, 0.1) is 10.6 Å². The Kier molecular flexibility index (Phi) is 4.03. The van der Waals surface area contributed by atoms with Crippen LogP contribution in [0.15, 0.2) is 41.4 Å². The number of carboxylic acids is 1. The minimum Gasteiger partial charge on any atom is -0.507 e. The highest BCUT2D eigenvalue weighted by Crippen LogP contribution is 2.25. The minimum absolute atomic E-state index is 0.121. The number of nitro groups is 1. The van der Waals surface area contributed by atoms with E-state index in [0.29, 0.717) is 0 Å². The molecule has 3 N–H and O–H groups in total. The van der Waals surface area contributed by atoms with Crippen molar-refractivity contribution in [1.29, 1.82) is 0 Å². The summed E-state index contributed by atoms with van der Waals surface area (Å²) in [6, 6.07) is 7.13. The third-order valence-electron chi connectivity index (χ3n) is 2.79. The predicted molar refractivity (Wildman–Crippen MR) is 77.1 cm³/mol. The number of hydrogen-bond acceptors (Lipinski definition) is 6. The molecule has 2 rings (SSSR count). The Hall–Kier alpha value is -3.42. The number of benzene rings is 2. The van der Waals surface area contributed by atoms with Crippen LogP contribution in [0.5, 0.6) is 11.5 Å². The lowest BCUT2D eigenvalue weighted by molar-refractivity contribution is -0.384. The number of aliphatic imine (C=N–C) groups is 1. The van der Waals surface area contributed by atoms with Crippen LogP contribution in [0.25, 0.3) is 0 Å². The summed E-state index contributed by atoms with van der Waals surface area (Å²) in [5, 5.41) is 38.6. The lowest BCUT2D eigenvalue weighted by Gasteiger charge is -2.01. The van der Waals surface area contributed by atoms with E-state index < -0.39 is 16.6 Å². The highest BCUT2D eigenvalue weighted by molar-refractivity contribution is 5.92. The van der Waals surface area contributed by atoms with E-state index in [-0.39, 0.29) is 28.3 Å². The van der Waals surface area contributed by atoms with Crippen molar-refractivity contribution in [2.75, 3.05) is 0 Å². The van der Waals surface area contributed by atoms with Crippen molar-refractivity contribution in [3.05, 3.63) is 57.6 Å². The number of nitro benzene ring substituents is 1. The SMILES string of the molecule is O=C(O)c1ccc(N=Cc2cc([N+](=O)[O-])ccc2O)cc1O. The zero-order chi connectivity index (χ0) is 16.3. The molecule has 112 valence electrons. The molecule has 0 radical (unpaired) electrons. The van der Waals surface area contributed by atoms with Crippen molar-refractivity contribution in [2.45, 2.75) is 0 Å². The van der Waals surface area contributed by atoms with Crippen LogP contribution < -0.4 is 0 Å². The fraction of sp³-hybridized carbons (Fsp3) is 0. The molecule has 0 aliphatic heterocycles. The van der Waals surface area contributed by atoms with E-state index in [1.54, 1.807) is 0 Å². The van der Waals surface area contributed by atoms with Crippen LogP contribution in [0.2, 0.25) is 0 Å². The zero-order valence-corrected chi connectivity index (χ0v) is 11.0. The van der Waals surface area contributed by atoms with Gasteiger partial charge < -0.3 is 15.3 Å². The number of carboxylic acid groups (broad SMARTS) is 1. The summed E-state index contributed by atoms with van der Waals surface area (Å²) in [7, 11) is 0. The lowest BCUT2D eigenvalue weighted by atomic mass is 10.1. The van der Waals surface area contributed by atoms with Gasteiger partial charge in [-0.2, -0.15) is 0 Å². The molecule has 0 spiro atoms. The normalized spacial score (nSPS) is 10.7. The largest absolute Gasteiger partial charge is 0.507 e. The maximum Gasteiger partial charge on any atom is 0.339 e. The number of aromatic hydroxyl groups is 2. The standard InChI is InChI=1S/C14H10N2O6/c17-12-4-2-10(16(21)22)5-8(12)7-15-9-1-3-11(14(19)20)13(18)6-9/h1-7,17-18H,(H,19,20). The molecule has 0 amide bonds. The highest BCUT2D eigenvalue weighted by Gasteiger charge is 2.10. The van der Waals surface area contributed by atoms with Crippen molar-refractivity contribution < 1.29 is 25.0 Å². The van der Waals surface area contributed by atoms with Gasteiger partial charge in [-0.25, -0.2) is 4.79 Å². The van der Waals surface area contributed by atoms with Crippen molar-refractivity contribution in [2.24, 2.45) is 4.99 Å². The van der Waals surface area contributed by atoms with E-state index in [1.807, 2.05) is 0 Å². The molecule has 0 saturated carbocycles. The molecule has 0 unspecified atom stereocenters. The van der Waals surface area contributed by atoms with E-state index >= 15 is 0 Å². The summed E-state index contributed by atoms with van der Waals surface area (Å²) < 4.78 is 0. The Morgan fingerprint density at radius 3 is 2.45 bits per heavy atom. The monoisotopic (exact) mass is 302 g/mol. The van der Waals surface area contributed by atoms with Gasteiger partial charge in [-0.3, -0.25) is 15.1 Å². The van der Waals surface area contributed by atoms with E-state index in [2.05, 4.69) is 4.99 Å². The molecule has 0 aliphatic rings. The summed E-state index contributed by atoms with van der Waals surface area (Å²) in [6.07, 6.45) is 1.18. The van der Waals surface area contributed by atoms with Crippen molar-refractivity contribution >= 4 is 23.6 Å². The quantitative estimate of drug-likeness (QED) is 0.451. The molecule has 0 aromatic heterocycles. The van der Waals surface area contributed by atoms with E-state index in [4.69, 9.17) is 5.11 Å². The van der Waals surface area contributed by atoms with Gasteiger partial charge in [0.15, 0.2) is 0 Å². The Labute approximate surface area is 123 Å². The summed E-state index contributed by atoms with van der Waals surface area (Å²) in [5.41, 5.74) is -0.120. The molecule has 8 nitrogen and oxygen atoms in total. The number of rotatable bonds is 4. The highest BCUT2D eigenvalue weighted by atomic mass is 16.6. The van der Waals surface area contributed by atoms with Gasteiger partial charge in [0, 0.05) is 30.0 Å². The summed E-state index contributed by atoms with van der Waals surface area (Å²) in [6.45, 7) is 0. The number of carbonyl (C=O) groups is 1. The maximum absolute atomic E-state index is 10.8. The first kappa shape index (κ1) is 15.0. The van der Waals surface area contributed by atoms with Gasteiger partial charge in [-0.1, -0.05) is 0 Å². The number of phenols is 2. The molecule has 0 saturated heterocycles. The molecule has 22 heavy (non-hydrogen) atoms. The van der Waals surface area contributed by atoms with Gasteiger partial charge in [-0.05, 0) is 18.2 Å². The van der Waals surface area contributed by atoms with Gasteiger partial charge in [-0.15, -0.1) is 0 Å². The van der Waals surface area contributed by atoms with Crippen LogP contribution in [-0.2, 0) is 0 Å². The predicted octanol–water partition coefficient (Wildman–Crippen LogP) is 2.45. The van der Waals surface area contributed by atoms with Crippen LogP contribution in [0.4, 0.5) is 11.4 Å². The summed E-state index contributed by atoms with van der Waals surface area (Å²) in [5.74, 6) is -1.92. The molecule has 2 aromatic rings. The molecule has 0 heterocycles. The molecule has 0 bridgehead atoms. The first-order valence-corrected chi connectivity index (χ1v) is 5.96. The molecule has 8 heteroatoms. The van der Waals surface area contributed by atoms with Crippen molar-refractivity contribution in [3.8, 4) is 11.5 Å². The Morgan fingerprint density at radius 2 is 1.86 bits per heavy atom. The second-order valence-corrected chi connectivity index (χ2v) is 4.27. The number of hydrogen-bond donors (Lipinski definition) is 3. The van der Waals surface area contributed by atoms with Crippen molar-refractivity contribution in [3.63, 3.8) is 0 Å². The van der Waals surface area contributed by atoms with E-state index in [0.717, 1.165) is 18.2 Å². The van der Waals surface area contributed by atoms with Crippen LogP contribution in [0, 0.1) is 10.1 Å². The van der Waals surface area contributed by atoms with Gasteiger partial charge in [0.2, 0.25) is 0 Å². The van der Waals surface area contributed by atoms with Crippen LogP contribution >= 0.6 is 0 Å². The Morgan fingerprint density at radius 1 is 1.14 bits per heavy atom. The second kappa shape index (κ2) is 5.92. The van der Waals surface area contributed by atoms with Crippen molar-refractivity contribution in [1.82, 2.24) is 0 Å². The molecule has 0 atom stereocenters. The topological polar surface area (TPSA) is 133 Å². The Bertz CT molecular complexity index is 785. The zero-order valence-electron chi connectivity index (χ0n) is 11.0. The second-order valence-electron chi connectivity index (χ2n) is 4.27. The fourth-order valence-corrected chi connectivity index (χ4v) is 1.68. The third kappa shape index (κ3) is 3.18. The van der Waals surface area contributed by atoms with E-state index in [9.17, 15) is 25.1 Å². The first-order valence-electron chi connectivity index (χ1n) is 5.96. The molecule has 0 aliphatic carbocycles. The van der Waals surface area contributed by atoms with Gasteiger partial charge >= 0.3 is 5.97 Å². The maximum atomic E-state index is 10.8. The van der Waals surface area contributed by atoms with Gasteiger partial charge in [0.25, 0.3) is 5.69 Å². The van der Waals surface area contributed by atoms with E-state index in [1.165, 1.54) is 24.4 Å². The number of aromatic carboxylic acids is 1. The van der Waals surface area contributed by atoms with Crippen LogP contribution in [-0.4, -0.2) is 32.4 Å². The summed E-state index contributed by atoms with van der Waals surface area (Å²) >= 11 is 0. The molecule has 0 fully saturated rings. The molecule has 2 aromatic carbocycles. The Balaban J connectivity index is 2.32. The number of nitrogens with zero attached hydrogens (tertiary/aromatic N) is 2. The number of non-ortho nitro benzene ring substituents is 1. The smallest absolute Gasteiger partial charge is 0.339 e. The average molecular weight is 302 g/mol. The van der Waals surface area contributed by atoms with Gasteiger partial charge in [0.1, 0.15) is 17.1 Å².